The topological polar surface area (TPSA) is 103 Å². The van der Waals surface area contributed by atoms with Crippen LogP contribution in [0.15, 0.2) is 49.1 Å². The van der Waals surface area contributed by atoms with Crippen LogP contribution in [-0.2, 0) is 6.54 Å². The lowest BCUT2D eigenvalue weighted by atomic mass is 10.2. The van der Waals surface area contributed by atoms with Gasteiger partial charge in [0.25, 0.3) is 0 Å². The van der Waals surface area contributed by atoms with Gasteiger partial charge in [-0.3, -0.25) is 0 Å². The van der Waals surface area contributed by atoms with E-state index in [1.54, 1.807) is 6.20 Å². The van der Waals surface area contributed by atoms with Crippen LogP contribution in [0.5, 0.6) is 0 Å². The van der Waals surface area contributed by atoms with Crippen molar-refractivity contribution in [3.63, 3.8) is 0 Å². The number of para-hydroxylation sites is 1. The maximum Gasteiger partial charge on any atom is 0.229 e. The number of rotatable bonds is 6. The molecule has 4 heterocycles. The van der Waals surface area contributed by atoms with Crippen molar-refractivity contribution in [3.05, 3.63) is 54.6 Å². The molecule has 160 valence electrons. The molecule has 0 amide bonds. The zero-order valence-corrected chi connectivity index (χ0v) is 17.8. The highest BCUT2D eigenvalue weighted by atomic mass is 15.3. The molecular weight excluding hydrogens is 390 g/mol. The van der Waals surface area contributed by atoms with Crippen molar-refractivity contribution in [1.82, 2.24) is 29.3 Å². The Hall–Kier alpha value is -3.46. The van der Waals surface area contributed by atoms with E-state index in [9.17, 15) is 0 Å². The van der Waals surface area contributed by atoms with Crippen LogP contribution in [-0.4, -0.2) is 48.4 Å². The predicted octanol–water partition coefficient (Wildman–Crippen LogP) is 2.74. The van der Waals surface area contributed by atoms with Gasteiger partial charge in [-0.1, -0.05) is 18.2 Å². The van der Waals surface area contributed by atoms with Crippen LogP contribution < -0.4 is 16.0 Å². The number of aromatic nitrogens is 6. The molecule has 31 heavy (non-hydrogen) atoms. The molecule has 0 radical (unpaired) electrons. The zero-order valence-electron chi connectivity index (χ0n) is 17.8. The molecule has 1 aromatic carbocycles. The summed E-state index contributed by atoms with van der Waals surface area (Å²) >= 11 is 0. The maximum atomic E-state index is 6.13. The van der Waals surface area contributed by atoms with Crippen molar-refractivity contribution in [2.24, 2.45) is 5.73 Å². The van der Waals surface area contributed by atoms with Gasteiger partial charge < -0.3 is 20.5 Å². The second kappa shape index (κ2) is 7.99. The van der Waals surface area contributed by atoms with E-state index >= 15 is 0 Å². The molecule has 9 heteroatoms. The molecule has 4 aromatic rings. The predicted molar refractivity (Wildman–Crippen MR) is 121 cm³/mol. The molecule has 0 bridgehead atoms. The fourth-order valence-electron chi connectivity index (χ4n) is 3.99. The third-order valence-electron chi connectivity index (χ3n) is 5.66. The summed E-state index contributed by atoms with van der Waals surface area (Å²) in [7, 11) is 0. The number of nitrogens with zero attached hydrogens (tertiary/aromatic N) is 7. The fraction of sp³-hybridized carbons (Fsp3) is 0.364. The van der Waals surface area contributed by atoms with Gasteiger partial charge in [-0.25, -0.2) is 9.67 Å². The summed E-state index contributed by atoms with van der Waals surface area (Å²) in [6.45, 7) is 6.48. The maximum absolute atomic E-state index is 6.13. The van der Waals surface area contributed by atoms with Gasteiger partial charge >= 0.3 is 0 Å². The second-order valence-electron chi connectivity index (χ2n) is 8.22. The van der Waals surface area contributed by atoms with Crippen molar-refractivity contribution in [1.29, 1.82) is 0 Å². The van der Waals surface area contributed by atoms with Gasteiger partial charge in [0, 0.05) is 44.1 Å². The molecule has 3 N–H and O–H groups in total. The highest BCUT2D eigenvalue weighted by molar-refractivity contribution is 5.84. The minimum absolute atomic E-state index is 0.159. The highest BCUT2D eigenvalue weighted by Crippen LogP contribution is 2.27. The lowest BCUT2D eigenvalue weighted by Crippen LogP contribution is -2.28. The largest absolute Gasteiger partial charge is 0.364 e. The van der Waals surface area contributed by atoms with Crippen LogP contribution in [0.1, 0.15) is 31.9 Å². The number of benzene rings is 1. The standard InChI is InChI=1S/C22H27N9/c1-15(2)30-14-25-19-20(27-22(28-21(19)30)29-11-8-17(23)13-29)24-12-16-6-3-4-7-18(16)31-10-5-9-26-31/h3-7,9-10,14-15,17H,8,11-13,23H2,1-2H3,(H,24,27,28). The van der Waals surface area contributed by atoms with Gasteiger partial charge in [0.2, 0.25) is 5.95 Å². The van der Waals surface area contributed by atoms with Crippen LogP contribution in [0.4, 0.5) is 11.8 Å². The molecule has 1 aliphatic heterocycles. The van der Waals surface area contributed by atoms with Gasteiger partial charge in [-0.15, -0.1) is 0 Å². The summed E-state index contributed by atoms with van der Waals surface area (Å²) in [5, 5.41) is 7.89. The average molecular weight is 418 g/mol. The number of hydrogen-bond donors (Lipinski definition) is 2. The first-order valence-corrected chi connectivity index (χ1v) is 10.7. The van der Waals surface area contributed by atoms with E-state index in [4.69, 9.17) is 15.7 Å². The molecule has 1 fully saturated rings. The zero-order chi connectivity index (χ0) is 21.4. The van der Waals surface area contributed by atoms with E-state index in [0.29, 0.717) is 12.5 Å². The Morgan fingerprint density at radius 2 is 2.06 bits per heavy atom. The molecule has 9 nitrogen and oxygen atoms in total. The number of hydrogen-bond acceptors (Lipinski definition) is 7. The summed E-state index contributed by atoms with van der Waals surface area (Å²) in [6.07, 6.45) is 6.52. The van der Waals surface area contributed by atoms with Crippen molar-refractivity contribution in [3.8, 4) is 5.69 Å². The Kier molecular flexibility index (Phi) is 5.03. The molecule has 5 rings (SSSR count). The molecule has 1 saturated heterocycles. The number of nitrogens with one attached hydrogen (secondary N) is 1. The molecule has 0 saturated carbocycles. The number of fused-ring (bicyclic) bond motifs is 1. The Morgan fingerprint density at radius 1 is 1.19 bits per heavy atom. The Labute approximate surface area is 180 Å². The van der Waals surface area contributed by atoms with E-state index in [-0.39, 0.29) is 12.1 Å². The van der Waals surface area contributed by atoms with Crippen LogP contribution in [0.3, 0.4) is 0 Å². The summed E-state index contributed by atoms with van der Waals surface area (Å²) in [5.41, 5.74) is 9.89. The van der Waals surface area contributed by atoms with Gasteiger partial charge in [-0.05, 0) is 38.0 Å². The molecule has 1 unspecified atom stereocenters. The third-order valence-corrected chi connectivity index (χ3v) is 5.66. The lowest BCUT2D eigenvalue weighted by molar-refractivity contribution is 0.612. The lowest BCUT2D eigenvalue weighted by Gasteiger charge is -2.18. The van der Waals surface area contributed by atoms with Crippen LogP contribution in [0.25, 0.3) is 16.9 Å². The first kappa shape index (κ1) is 19.5. The van der Waals surface area contributed by atoms with E-state index < -0.39 is 0 Å². The van der Waals surface area contributed by atoms with Crippen molar-refractivity contribution in [2.45, 2.75) is 38.9 Å². The summed E-state index contributed by atoms with van der Waals surface area (Å²) in [6, 6.07) is 10.5. The van der Waals surface area contributed by atoms with Gasteiger partial charge in [0.1, 0.15) is 0 Å². The van der Waals surface area contributed by atoms with Crippen LogP contribution in [0.2, 0.25) is 0 Å². The number of nitrogens with two attached hydrogens (primary N) is 1. The smallest absolute Gasteiger partial charge is 0.229 e. The van der Waals surface area contributed by atoms with Crippen LogP contribution in [0, 0.1) is 0 Å². The molecule has 0 spiro atoms. The van der Waals surface area contributed by atoms with Crippen molar-refractivity contribution in [2.75, 3.05) is 23.3 Å². The quantitative estimate of drug-likeness (QED) is 0.497. The SMILES string of the molecule is CC(C)n1cnc2c(NCc3ccccc3-n3cccn3)nc(N3CCC(N)C3)nc21. The summed E-state index contributed by atoms with van der Waals surface area (Å²) in [5.74, 6) is 1.43. The van der Waals surface area contributed by atoms with E-state index in [1.165, 1.54) is 0 Å². The summed E-state index contributed by atoms with van der Waals surface area (Å²) in [4.78, 5) is 16.5. The minimum atomic E-state index is 0.159. The van der Waals surface area contributed by atoms with Crippen molar-refractivity contribution >= 4 is 22.9 Å². The van der Waals surface area contributed by atoms with Gasteiger partial charge in [0.15, 0.2) is 17.0 Å². The van der Waals surface area contributed by atoms with E-state index in [2.05, 4.69) is 50.8 Å². The summed E-state index contributed by atoms with van der Waals surface area (Å²) < 4.78 is 3.95. The molecular formula is C22H27N9. The Balaban J connectivity index is 1.51. The Bertz CT molecular complexity index is 1180. The van der Waals surface area contributed by atoms with Gasteiger partial charge in [0.05, 0.1) is 12.0 Å². The minimum Gasteiger partial charge on any atom is -0.364 e. The van der Waals surface area contributed by atoms with Gasteiger partial charge in [-0.2, -0.15) is 15.1 Å². The van der Waals surface area contributed by atoms with Crippen molar-refractivity contribution < 1.29 is 0 Å². The van der Waals surface area contributed by atoms with E-state index in [0.717, 1.165) is 47.7 Å². The normalized spacial score (nSPS) is 16.5. The molecule has 0 aliphatic carbocycles. The first-order chi connectivity index (χ1) is 15.1. The van der Waals surface area contributed by atoms with Crippen LogP contribution >= 0.6 is 0 Å². The number of anilines is 2. The molecule has 1 aliphatic rings. The highest BCUT2D eigenvalue weighted by Gasteiger charge is 2.24. The second-order valence-corrected chi connectivity index (χ2v) is 8.22. The number of imidazole rings is 1. The molecule has 1 atom stereocenters. The monoisotopic (exact) mass is 417 g/mol. The van der Waals surface area contributed by atoms with E-state index in [1.807, 2.05) is 35.4 Å². The Morgan fingerprint density at radius 3 is 2.81 bits per heavy atom. The molecule has 3 aromatic heterocycles. The first-order valence-electron chi connectivity index (χ1n) is 10.7. The average Bonchev–Trinajstić information content (AvgIpc) is 3.52. The fourth-order valence-corrected chi connectivity index (χ4v) is 3.99. The third kappa shape index (κ3) is 3.72.